The van der Waals surface area contributed by atoms with Gasteiger partial charge in [0.1, 0.15) is 0 Å². The van der Waals surface area contributed by atoms with E-state index in [2.05, 4.69) is 16.2 Å². The Morgan fingerprint density at radius 3 is 2.96 bits per heavy atom. The van der Waals surface area contributed by atoms with Crippen LogP contribution in [0.5, 0.6) is 5.75 Å². The minimum absolute atomic E-state index is 0.00218. The number of ether oxygens (including phenoxy) is 1. The zero-order valence-corrected chi connectivity index (χ0v) is 13.3. The van der Waals surface area contributed by atoms with Crippen molar-refractivity contribution in [2.45, 2.75) is 12.8 Å². The molecule has 3 rings (SSSR count). The van der Waals surface area contributed by atoms with Gasteiger partial charge in [-0.3, -0.25) is 14.8 Å². The van der Waals surface area contributed by atoms with Crippen LogP contribution in [0.4, 0.5) is 11.4 Å². The number of nitrogens with zero attached hydrogens (tertiary/aromatic N) is 4. The highest BCUT2D eigenvalue weighted by Gasteiger charge is 2.25. The monoisotopic (exact) mass is 316 g/mol. The molecule has 0 saturated carbocycles. The van der Waals surface area contributed by atoms with Crippen LogP contribution in [0.15, 0.2) is 30.6 Å². The fourth-order valence-electron chi connectivity index (χ4n) is 3.16. The summed E-state index contributed by atoms with van der Waals surface area (Å²) in [6.07, 6.45) is 6.08. The quantitative estimate of drug-likeness (QED) is 0.625. The van der Waals surface area contributed by atoms with Crippen LogP contribution in [0.1, 0.15) is 12.0 Å². The van der Waals surface area contributed by atoms with E-state index in [-0.39, 0.29) is 5.69 Å². The number of hydrogen-bond acceptors (Lipinski definition) is 5. The minimum Gasteiger partial charge on any atom is -0.490 e. The zero-order chi connectivity index (χ0) is 16.4. The summed E-state index contributed by atoms with van der Waals surface area (Å²) in [5, 5.41) is 15.2. The van der Waals surface area contributed by atoms with Crippen LogP contribution in [0, 0.1) is 16.0 Å². The standard InChI is InChI=1S/C16H20N4O3/c1-18-10-13(9-17-18)7-12-5-6-19(11-12)14-3-4-15(20(21)22)16(8-14)23-2/h3-4,8-10,12H,5-7,11H2,1-2H3. The lowest BCUT2D eigenvalue weighted by Gasteiger charge is -2.19. The van der Waals surface area contributed by atoms with Gasteiger partial charge in [0.2, 0.25) is 0 Å². The SMILES string of the molecule is COc1cc(N2CCC(Cc3cnn(C)c3)C2)ccc1[N+](=O)[O-]. The molecule has 0 radical (unpaired) electrons. The molecule has 1 unspecified atom stereocenters. The molecule has 0 bridgehead atoms. The molecular weight excluding hydrogens is 296 g/mol. The number of aryl methyl sites for hydroxylation is 1. The van der Waals surface area contributed by atoms with Crippen LogP contribution < -0.4 is 9.64 Å². The number of aromatic nitrogens is 2. The Bertz CT molecular complexity index is 713. The molecule has 1 fully saturated rings. The van der Waals surface area contributed by atoms with Crippen LogP contribution in [0.25, 0.3) is 0 Å². The van der Waals surface area contributed by atoms with Gasteiger partial charge in [0.25, 0.3) is 0 Å². The molecule has 1 atom stereocenters. The number of methoxy groups -OCH3 is 1. The van der Waals surface area contributed by atoms with Crippen molar-refractivity contribution in [3.63, 3.8) is 0 Å². The van der Waals surface area contributed by atoms with Crippen LogP contribution in [0.3, 0.4) is 0 Å². The summed E-state index contributed by atoms with van der Waals surface area (Å²) in [4.78, 5) is 12.8. The molecule has 2 heterocycles. The largest absolute Gasteiger partial charge is 0.490 e. The van der Waals surface area contributed by atoms with E-state index >= 15 is 0 Å². The smallest absolute Gasteiger partial charge is 0.311 e. The van der Waals surface area contributed by atoms with Crippen molar-refractivity contribution < 1.29 is 9.66 Å². The third-order valence-corrected chi connectivity index (χ3v) is 4.29. The van der Waals surface area contributed by atoms with Gasteiger partial charge in [-0.25, -0.2) is 0 Å². The lowest BCUT2D eigenvalue weighted by Crippen LogP contribution is -2.20. The predicted octanol–water partition coefficient (Wildman–Crippen LogP) is 2.41. The topological polar surface area (TPSA) is 73.4 Å². The van der Waals surface area contributed by atoms with Crippen molar-refractivity contribution in [2.24, 2.45) is 13.0 Å². The Morgan fingerprint density at radius 2 is 2.30 bits per heavy atom. The average Bonchev–Trinajstić information content (AvgIpc) is 3.16. The lowest BCUT2D eigenvalue weighted by molar-refractivity contribution is -0.385. The van der Waals surface area contributed by atoms with Gasteiger partial charge in [-0.15, -0.1) is 0 Å². The van der Waals surface area contributed by atoms with Gasteiger partial charge >= 0.3 is 5.69 Å². The number of nitro benzene ring substituents is 1. The molecule has 122 valence electrons. The second-order valence-corrected chi connectivity index (χ2v) is 5.94. The fourth-order valence-corrected chi connectivity index (χ4v) is 3.16. The number of hydrogen-bond donors (Lipinski definition) is 0. The molecule has 1 aliphatic heterocycles. The molecule has 1 aromatic heterocycles. The molecule has 0 N–H and O–H groups in total. The van der Waals surface area contributed by atoms with Crippen molar-refractivity contribution >= 4 is 11.4 Å². The second-order valence-electron chi connectivity index (χ2n) is 5.94. The van der Waals surface area contributed by atoms with Crippen molar-refractivity contribution in [3.8, 4) is 5.75 Å². The van der Waals surface area contributed by atoms with Crippen LogP contribution >= 0.6 is 0 Å². The van der Waals surface area contributed by atoms with E-state index in [0.717, 1.165) is 31.6 Å². The summed E-state index contributed by atoms with van der Waals surface area (Å²) in [7, 11) is 3.38. The van der Waals surface area contributed by atoms with E-state index in [0.29, 0.717) is 11.7 Å². The van der Waals surface area contributed by atoms with Crippen LogP contribution in [0.2, 0.25) is 0 Å². The first-order chi connectivity index (χ1) is 11.1. The molecular formula is C16H20N4O3. The predicted molar refractivity (Wildman–Crippen MR) is 86.9 cm³/mol. The van der Waals surface area contributed by atoms with Crippen LogP contribution in [-0.2, 0) is 13.5 Å². The summed E-state index contributed by atoms with van der Waals surface area (Å²) in [5.74, 6) is 0.878. The minimum atomic E-state index is -0.419. The summed E-state index contributed by atoms with van der Waals surface area (Å²) < 4.78 is 6.98. The molecule has 0 aliphatic carbocycles. The summed E-state index contributed by atoms with van der Waals surface area (Å²) in [6, 6.07) is 5.07. The molecule has 1 aromatic carbocycles. The van der Waals surface area contributed by atoms with Crippen molar-refractivity contribution in [1.82, 2.24) is 9.78 Å². The van der Waals surface area contributed by atoms with Gasteiger partial charge in [-0.1, -0.05) is 0 Å². The summed E-state index contributed by atoms with van der Waals surface area (Å²) >= 11 is 0. The first-order valence-electron chi connectivity index (χ1n) is 7.61. The van der Waals surface area contributed by atoms with E-state index in [1.54, 1.807) is 12.1 Å². The Kier molecular flexibility index (Phi) is 4.18. The Morgan fingerprint density at radius 1 is 1.48 bits per heavy atom. The maximum atomic E-state index is 11.0. The Labute approximate surface area is 134 Å². The molecule has 0 amide bonds. The van der Waals surface area contributed by atoms with Gasteiger partial charge in [0, 0.05) is 44.2 Å². The number of nitro groups is 1. The molecule has 7 nitrogen and oxygen atoms in total. The van der Waals surface area contributed by atoms with Gasteiger partial charge in [0.15, 0.2) is 5.75 Å². The van der Waals surface area contributed by atoms with Gasteiger partial charge in [-0.2, -0.15) is 5.10 Å². The highest BCUT2D eigenvalue weighted by molar-refractivity contribution is 5.59. The van der Waals surface area contributed by atoms with Crippen molar-refractivity contribution in [3.05, 3.63) is 46.3 Å². The number of anilines is 1. The fraction of sp³-hybridized carbons (Fsp3) is 0.438. The average molecular weight is 316 g/mol. The first kappa shape index (κ1) is 15.3. The van der Waals surface area contributed by atoms with E-state index in [4.69, 9.17) is 4.74 Å². The van der Waals surface area contributed by atoms with E-state index in [1.807, 2.05) is 17.9 Å². The van der Waals surface area contributed by atoms with E-state index in [1.165, 1.54) is 18.7 Å². The second kappa shape index (κ2) is 6.28. The van der Waals surface area contributed by atoms with Crippen molar-refractivity contribution in [1.29, 1.82) is 0 Å². The van der Waals surface area contributed by atoms with E-state index < -0.39 is 4.92 Å². The molecule has 23 heavy (non-hydrogen) atoms. The van der Waals surface area contributed by atoms with E-state index in [9.17, 15) is 10.1 Å². The van der Waals surface area contributed by atoms with Gasteiger partial charge < -0.3 is 9.64 Å². The lowest BCUT2D eigenvalue weighted by atomic mass is 10.0. The summed E-state index contributed by atoms with van der Waals surface area (Å²) in [5.41, 5.74) is 2.23. The first-order valence-corrected chi connectivity index (χ1v) is 7.61. The summed E-state index contributed by atoms with van der Waals surface area (Å²) in [6.45, 7) is 1.89. The molecule has 1 aliphatic rings. The Hall–Kier alpha value is -2.57. The number of benzene rings is 1. The molecule has 1 saturated heterocycles. The maximum Gasteiger partial charge on any atom is 0.311 e. The van der Waals surface area contributed by atoms with Gasteiger partial charge in [-0.05, 0) is 30.4 Å². The number of rotatable bonds is 5. The maximum absolute atomic E-state index is 11.0. The normalized spacial score (nSPS) is 17.5. The highest BCUT2D eigenvalue weighted by Crippen LogP contribution is 2.34. The van der Waals surface area contributed by atoms with Crippen LogP contribution in [-0.4, -0.2) is 34.9 Å². The zero-order valence-electron chi connectivity index (χ0n) is 13.3. The van der Waals surface area contributed by atoms with Crippen molar-refractivity contribution in [2.75, 3.05) is 25.1 Å². The molecule has 0 spiro atoms. The highest BCUT2D eigenvalue weighted by atomic mass is 16.6. The third kappa shape index (κ3) is 3.28. The molecule has 7 heteroatoms. The third-order valence-electron chi connectivity index (χ3n) is 4.29. The van der Waals surface area contributed by atoms with Gasteiger partial charge in [0.05, 0.1) is 18.2 Å². The Balaban J connectivity index is 1.70. The molecule has 2 aromatic rings.